The van der Waals surface area contributed by atoms with E-state index in [2.05, 4.69) is 5.32 Å². The number of rotatable bonds is 2. The molecule has 1 aliphatic heterocycles. The average molecular weight is 217 g/mol. The van der Waals surface area contributed by atoms with Crippen molar-refractivity contribution < 1.29 is 14.7 Å². The molecule has 0 bridgehead atoms. The van der Waals surface area contributed by atoms with Crippen molar-refractivity contribution in [3.8, 4) is 0 Å². The highest BCUT2D eigenvalue weighted by Gasteiger charge is 2.24. The number of hydrogen-bond donors (Lipinski definition) is 2. The minimum atomic E-state index is -0.958. The zero-order valence-corrected chi connectivity index (χ0v) is 8.73. The lowest BCUT2D eigenvalue weighted by Gasteiger charge is -2.27. The third-order valence-corrected chi connectivity index (χ3v) is 2.56. The van der Waals surface area contributed by atoms with Crippen molar-refractivity contribution in [2.24, 2.45) is 0 Å². The van der Waals surface area contributed by atoms with Crippen LogP contribution in [0.3, 0.4) is 0 Å². The second-order valence-electron chi connectivity index (χ2n) is 3.97. The van der Waals surface area contributed by atoms with Crippen LogP contribution in [0, 0.1) is 0 Å². The van der Waals surface area contributed by atoms with Gasteiger partial charge in [-0.1, -0.05) is 12.2 Å². The van der Waals surface area contributed by atoms with E-state index in [0.29, 0.717) is 0 Å². The van der Waals surface area contributed by atoms with E-state index in [9.17, 15) is 9.59 Å². The molecule has 1 unspecified atom stereocenters. The quantitative estimate of drug-likeness (QED) is 0.741. The molecule has 0 amide bonds. The summed E-state index contributed by atoms with van der Waals surface area (Å²) in [5, 5.41) is 11.9. The van der Waals surface area contributed by atoms with Crippen LogP contribution in [0.25, 0.3) is 6.08 Å². The summed E-state index contributed by atoms with van der Waals surface area (Å²) in [7, 11) is 0. The molecule has 82 valence electrons. The summed E-state index contributed by atoms with van der Waals surface area (Å²) in [6.07, 6.45) is 4.29. The van der Waals surface area contributed by atoms with Gasteiger partial charge in [0.15, 0.2) is 0 Å². The third kappa shape index (κ3) is 1.69. The van der Waals surface area contributed by atoms with Crippen molar-refractivity contribution in [2.45, 2.75) is 12.5 Å². The molecule has 4 heteroatoms. The Balaban J connectivity index is 2.44. The number of anilines is 1. The lowest BCUT2D eigenvalue weighted by Crippen LogP contribution is -2.36. The minimum Gasteiger partial charge on any atom is -0.478 e. The Hall–Kier alpha value is -2.10. The van der Waals surface area contributed by atoms with Crippen LogP contribution in [0.1, 0.15) is 22.8 Å². The maximum atomic E-state index is 10.9. The van der Waals surface area contributed by atoms with E-state index < -0.39 is 11.5 Å². The molecule has 1 aliphatic rings. The Morgan fingerprint density at radius 3 is 2.88 bits per heavy atom. The number of benzene rings is 1. The van der Waals surface area contributed by atoms with Gasteiger partial charge in [-0.05, 0) is 30.7 Å². The first-order valence-electron chi connectivity index (χ1n) is 4.85. The summed E-state index contributed by atoms with van der Waals surface area (Å²) in [5.41, 5.74) is 1.07. The van der Waals surface area contributed by atoms with E-state index in [4.69, 9.17) is 5.11 Å². The Morgan fingerprint density at radius 2 is 2.25 bits per heavy atom. The summed E-state index contributed by atoms with van der Waals surface area (Å²) in [5.74, 6) is -0.958. The molecule has 0 radical (unpaired) electrons. The molecule has 0 spiro atoms. The standard InChI is InChI=1S/C12H11NO3/c1-12(7-14)5-4-8-6-9(11(15)16)2-3-10(8)13-12/h2-7,13H,1H3,(H,15,16). The van der Waals surface area contributed by atoms with Gasteiger partial charge in [0.2, 0.25) is 0 Å². The number of carbonyl (C=O) groups is 2. The molecule has 1 heterocycles. The largest absolute Gasteiger partial charge is 0.478 e. The maximum absolute atomic E-state index is 10.9. The van der Waals surface area contributed by atoms with Crippen molar-refractivity contribution in [1.82, 2.24) is 0 Å². The highest BCUT2D eigenvalue weighted by molar-refractivity contribution is 5.91. The van der Waals surface area contributed by atoms with Crippen LogP contribution in [-0.2, 0) is 4.79 Å². The fraction of sp³-hybridized carbons (Fsp3) is 0.167. The number of carboxylic acids is 1. The van der Waals surface area contributed by atoms with Gasteiger partial charge in [-0.2, -0.15) is 0 Å². The normalized spacial score (nSPS) is 22.1. The highest BCUT2D eigenvalue weighted by Crippen LogP contribution is 2.28. The van der Waals surface area contributed by atoms with Crippen LogP contribution in [0.15, 0.2) is 24.3 Å². The molecule has 1 atom stereocenters. The fourth-order valence-corrected chi connectivity index (χ4v) is 1.61. The molecule has 16 heavy (non-hydrogen) atoms. The number of nitrogens with one attached hydrogen (secondary N) is 1. The van der Waals surface area contributed by atoms with Gasteiger partial charge < -0.3 is 15.2 Å². The zero-order chi connectivity index (χ0) is 11.8. The summed E-state index contributed by atoms with van der Waals surface area (Å²) in [6, 6.07) is 4.76. The molecule has 0 aliphatic carbocycles. The Labute approximate surface area is 92.6 Å². The van der Waals surface area contributed by atoms with Gasteiger partial charge in [0, 0.05) is 5.69 Å². The van der Waals surface area contributed by atoms with E-state index >= 15 is 0 Å². The molecule has 0 aromatic heterocycles. The maximum Gasteiger partial charge on any atom is 0.335 e. The van der Waals surface area contributed by atoms with E-state index in [1.807, 2.05) is 0 Å². The molecule has 0 fully saturated rings. The third-order valence-electron chi connectivity index (χ3n) is 2.56. The van der Waals surface area contributed by atoms with Gasteiger partial charge >= 0.3 is 5.97 Å². The van der Waals surface area contributed by atoms with Gasteiger partial charge in [0.1, 0.15) is 11.8 Å². The predicted octanol–water partition coefficient (Wildman–Crippen LogP) is 1.78. The van der Waals surface area contributed by atoms with E-state index in [1.54, 1.807) is 31.2 Å². The van der Waals surface area contributed by atoms with Crippen LogP contribution in [0.2, 0.25) is 0 Å². The molecular formula is C12H11NO3. The Morgan fingerprint density at radius 1 is 1.50 bits per heavy atom. The highest BCUT2D eigenvalue weighted by atomic mass is 16.4. The van der Waals surface area contributed by atoms with Crippen LogP contribution >= 0.6 is 0 Å². The molecule has 0 saturated heterocycles. The van der Waals surface area contributed by atoms with Crippen LogP contribution in [-0.4, -0.2) is 22.9 Å². The van der Waals surface area contributed by atoms with Crippen LogP contribution in [0.4, 0.5) is 5.69 Å². The number of carboxylic acid groups (broad SMARTS) is 1. The monoisotopic (exact) mass is 217 g/mol. The van der Waals surface area contributed by atoms with Gasteiger partial charge in [0.05, 0.1) is 5.56 Å². The fourth-order valence-electron chi connectivity index (χ4n) is 1.61. The second kappa shape index (κ2) is 3.48. The molecule has 4 nitrogen and oxygen atoms in total. The predicted molar refractivity (Wildman–Crippen MR) is 60.5 cm³/mol. The summed E-state index contributed by atoms with van der Waals surface area (Å²) in [4.78, 5) is 21.6. The van der Waals surface area contributed by atoms with Crippen molar-refractivity contribution >= 4 is 24.0 Å². The first-order valence-corrected chi connectivity index (χ1v) is 4.85. The summed E-state index contributed by atoms with van der Waals surface area (Å²) in [6.45, 7) is 1.75. The van der Waals surface area contributed by atoms with Gasteiger partial charge in [0.25, 0.3) is 0 Å². The SMILES string of the molecule is CC1(C=O)C=Cc2cc(C(=O)O)ccc2N1. The topological polar surface area (TPSA) is 66.4 Å². The lowest BCUT2D eigenvalue weighted by atomic mass is 9.95. The van der Waals surface area contributed by atoms with Gasteiger partial charge in [-0.3, -0.25) is 0 Å². The number of aldehydes is 1. The minimum absolute atomic E-state index is 0.236. The van der Waals surface area contributed by atoms with Crippen LogP contribution in [0.5, 0.6) is 0 Å². The van der Waals surface area contributed by atoms with Crippen molar-refractivity contribution in [3.05, 3.63) is 35.4 Å². The van der Waals surface area contributed by atoms with Gasteiger partial charge in [-0.15, -0.1) is 0 Å². The number of aromatic carboxylic acids is 1. The molecule has 0 saturated carbocycles. The Bertz CT molecular complexity index is 493. The van der Waals surface area contributed by atoms with Gasteiger partial charge in [-0.25, -0.2) is 4.79 Å². The number of carbonyl (C=O) groups excluding carboxylic acids is 1. The molecular weight excluding hydrogens is 206 g/mol. The summed E-state index contributed by atoms with van der Waals surface area (Å²) < 4.78 is 0. The summed E-state index contributed by atoms with van der Waals surface area (Å²) >= 11 is 0. The molecule has 1 aromatic rings. The lowest BCUT2D eigenvalue weighted by molar-refractivity contribution is -0.109. The van der Waals surface area contributed by atoms with Crippen molar-refractivity contribution in [1.29, 1.82) is 0 Å². The smallest absolute Gasteiger partial charge is 0.335 e. The molecule has 1 aromatic carbocycles. The number of fused-ring (bicyclic) bond motifs is 1. The molecule has 2 N–H and O–H groups in total. The van der Waals surface area contributed by atoms with Crippen molar-refractivity contribution in [3.63, 3.8) is 0 Å². The number of hydrogen-bond acceptors (Lipinski definition) is 3. The first-order chi connectivity index (χ1) is 7.54. The van der Waals surface area contributed by atoms with E-state index in [0.717, 1.165) is 17.5 Å². The van der Waals surface area contributed by atoms with Crippen LogP contribution < -0.4 is 5.32 Å². The zero-order valence-electron chi connectivity index (χ0n) is 8.73. The average Bonchev–Trinajstić information content (AvgIpc) is 2.28. The Kier molecular flexibility index (Phi) is 2.27. The van der Waals surface area contributed by atoms with Crippen molar-refractivity contribution in [2.75, 3.05) is 5.32 Å². The first kappa shape index (κ1) is 10.4. The van der Waals surface area contributed by atoms with E-state index in [1.165, 1.54) is 6.07 Å². The van der Waals surface area contributed by atoms with E-state index in [-0.39, 0.29) is 5.56 Å². The molecule has 2 rings (SSSR count). The second-order valence-corrected chi connectivity index (χ2v) is 3.97.